The van der Waals surface area contributed by atoms with E-state index in [4.69, 9.17) is 48.2 Å². The van der Waals surface area contributed by atoms with E-state index in [-0.39, 0.29) is 0 Å². The fourth-order valence-corrected chi connectivity index (χ4v) is 1.43. The minimum atomic E-state index is -2.74. The van der Waals surface area contributed by atoms with Gasteiger partial charge in [-0.1, -0.05) is 0 Å². The molecule has 0 rings (SSSR count). The van der Waals surface area contributed by atoms with Gasteiger partial charge in [0.05, 0.1) is 25.7 Å². The molecule has 0 spiro atoms. The third-order valence-electron chi connectivity index (χ3n) is 2.57. The van der Waals surface area contributed by atoms with Crippen LogP contribution in [0.3, 0.4) is 0 Å². The van der Waals surface area contributed by atoms with E-state index >= 15 is 0 Å². The summed E-state index contributed by atoms with van der Waals surface area (Å²) in [6.45, 7) is 0. The average Bonchev–Trinajstić information content (AvgIpc) is 2.55. The Morgan fingerprint density at radius 3 is 0.667 bits per heavy atom. The van der Waals surface area contributed by atoms with Gasteiger partial charge in [0.15, 0.2) is 11.2 Å². The molecule has 30 heavy (non-hydrogen) atoms. The van der Waals surface area contributed by atoms with Gasteiger partial charge in [-0.2, -0.15) is 0 Å². The maximum absolute atomic E-state index is 10.3. The molecule has 0 aliphatic heterocycles. The predicted molar refractivity (Wildman–Crippen MR) is 75.6 cm³/mol. The zero-order chi connectivity index (χ0) is 25.3. The molecule has 0 saturated carbocycles. The van der Waals surface area contributed by atoms with Crippen LogP contribution in [-0.4, -0.2) is 87.9 Å². The van der Waals surface area contributed by atoms with Crippen molar-refractivity contribution in [2.75, 3.05) is 0 Å². The number of hydrogen-bond acceptors (Lipinski definition) is 10. The second kappa shape index (κ2) is 17.4. The van der Waals surface area contributed by atoms with Crippen molar-refractivity contribution in [3.63, 3.8) is 0 Å². The number of carbonyl (C=O) groups is 6. The van der Waals surface area contributed by atoms with Crippen LogP contribution in [0.5, 0.6) is 0 Å². The van der Waals surface area contributed by atoms with E-state index in [1.54, 1.807) is 0 Å². The van der Waals surface area contributed by atoms with Crippen LogP contribution in [0.4, 0.5) is 0 Å². The third-order valence-corrected chi connectivity index (χ3v) is 2.57. The Balaban J connectivity index is -0.000000193. The zero-order valence-electron chi connectivity index (χ0n) is 14.6. The summed E-state index contributed by atoms with van der Waals surface area (Å²) in [5.74, 6) is -10.0. The summed E-state index contributed by atoms with van der Waals surface area (Å²) in [7, 11) is 0. The normalized spacial score (nSPS) is 9.60. The Labute approximate surface area is 184 Å². The minimum absolute atomic E-state index is 1.06. The summed E-state index contributed by atoms with van der Waals surface area (Å²) in [6, 6.07) is 0. The van der Waals surface area contributed by atoms with Crippen molar-refractivity contribution >= 4 is 35.8 Å². The summed E-state index contributed by atoms with van der Waals surface area (Å²) in [6.07, 6.45) is -4.58. The fraction of sp³-hybridized carbons (Fsp3) is 0.500. The van der Waals surface area contributed by atoms with Crippen molar-refractivity contribution in [1.82, 2.24) is 0 Å². The van der Waals surface area contributed by atoms with Crippen LogP contribution in [-0.2, 0) is 70.9 Å². The molecule has 0 atom stereocenters. The number of carboxylic acids is 6. The van der Waals surface area contributed by atoms with Gasteiger partial charge in [-0.15, -0.1) is 0 Å². The molecule has 170 valence electrons. The first kappa shape index (κ1) is 35.0. The van der Waals surface area contributed by atoms with Crippen molar-refractivity contribution in [1.29, 1.82) is 0 Å². The van der Waals surface area contributed by atoms with Crippen LogP contribution in [0, 0.1) is 0 Å². The number of aliphatic carboxylic acids is 6. The van der Waals surface area contributed by atoms with Crippen LogP contribution in [0.1, 0.15) is 25.7 Å². The molecule has 0 radical (unpaired) electrons. The Kier molecular flexibility index (Phi) is 20.3. The second-order valence-electron chi connectivity index (χ2n) is 4.96. The summed E-state index contributed by atoms with van der Waals surface area (Å²) in [5.41, 5.74) is -5.48. The molecule has 0 bridgehead atoms. The molecule has 0 saturated heterocycles. The summed E-state index contributed by atoms with van der Waals surface area (Å²) >= 11 is 2.12. The van der Waals surface area contributed by atoms with Crippen molar-refractivity contribution in [2.24, 2.45) is 0 Å². The van der Waals surface area contributed by atoms with Crippen molar-refractivity contribution in [2.45, 2.75) is 36.9 Å². The molecule has 0 amide bonds. The van der Waals surface area contributed by atoms with E-state index in [0.717, 1.165) is 34.7 Å². The standard InChI is InChI=1S/2C6H8O7.2O.2V/c2*7-3(8)1-6(13,5(11)12)2-4(9)10;;;;/h2*13H,1-2H2,(H,7,8)(H,9,10)(H,11,12);;;;. The maximum atomic E-state index is 10.3. The third kappa shape index (κ3) is 17.6. The molecule has 0 aliphatic carbocycles. The molecule has 8 N–H and O–H groups in total. The Bertz CT molecular complexity index is 546. The van der Waals surface area contributed by atoms with E-state index in [9.17, 15) is 28.8 Å². The predicted octanol–water partition coefficient (Wildman–Crippen LogP) is -2.74. The first-order valence-electron chi connectivity index (χ1n) is 6.71. The molecular formula is C12H16O16V2. The molecule has 18 heteroatoms. The van der Waals surface area contributed by atoms with E-state index in [0.29, 0.717) is 0 Å². The van der Waals surface area contributed by atoms with Crippen LogP contribution in [0.15, 0.2) is 0 Å². The topological polar surface area (TPSA) is 298 Å². The number of aliphatic hydroxyl groups is 2. The van der Waals surface area contributed by atoms with Gasteiger partial charge in [0.25, 0.3) is 0 Å². The van der Waals surface area contributed by atoms with Gasteiger partial charge in [-0.05, 0) is 0 Å². The first-order valence-corrected chi connectivity index (χ1v) is 7.85. The molecule has 16 nitrogen and oxygen atoms in total. The van der Waals surface area contributed by atoms with E-state index in [1.807, 2.05) is 0 Å². The van der Waals surface area contributed by atoms with Crippen LogP contribution in [0.25, 0.3) is 0 Å². The molecule has 0 aromatic carbocycles. The van der Waals surface area contributed by atoms with Gasteiger partial charge < -0.3 is 40.9 Å². The van der Waals surface area contributed by atoms with Crippen LogP contribution < -0.4 is 0 Å². The Morgan fingerprint density at radius 1 is 0.467 bits per heavy atom. The van der Waals surface area contributed by atoms with E-state index in [1.165, 1.54) is 0 Å². The molecule has 0 fully saturated rings. The SMILES string of the molecule is O=C(O)CC(O)(CC(=O)O)C(=O)O.O=C(O)CC(O)(CC(=O)O)C(=O)O.[O]=[V].[O]=[V]. The molecule has 0 aromatic rings. The Hall–Kier alpha value is -2.49. The first-order chi connectivity index (χ1) is 13.6. The molecule has 0 unspecified atom stereocenters. The van der Waals surface area contributed by atoms with Crippen molar-refractivity contribution in [3.05, 3.63) is 0 Å². The van der Waals surface area contributed by atoms with Gasteiger partial charge in [0, 0.05) is 0 Å². The average molecular weight is 518 g/mol. The van der Waals surface area contributed by atoms with Gasteiger partial charge in [0.1, 0.15) is 0 Å². The summed E-state index contributed by atoms with van der Waals surface area (Å²) in [4.78, 5) is 61.0. The van der Waals surface area contributed by atoms with Gasteiger partial charge in [-0.3, -0.25) is 19.2 Å². The number of carboxylic acid groups (broad SMARTS) is 6. The number of hydrogen-bond donors (Lipinski definition) is 8. The zero-order valence-corrected chi connectivity index (χ0v) is 17.4. The van der Waals surface area contributed by atoms with Gasteiger partial charge in [0.2, 0.25) is 0 Å². The monoisotopic (exact) mass is 518 g/mol. The van der Waals surface area contributed by atoms with Crippen LogP contribution in [0.2, 0.25) is 0 Å². The van der Waals surface area contributed by atoms with E-state index < -0.39 is 72.7 Å². The molecular weight excluding hydrogens is 502 g/mol. The van der Waals surface area contributed by atoms with Gasteiger partial charge in [-0.25, -0.2) is 9.59 Å². The second-order valence-corrected chi connectivity index (χ2v) is 4.96. The molecule has 0 aliphatic rings. The quantitative estimate of drug-likeness (QED) is 0.145. The summed E-state index contributed by atoms with van der Waals surface area (Å²) in [5, 5.41) is 67.6. The van der Waals surface area contributed by atoms with Crippen LogP contribution >= 0.6 is 0 Å². The van der Waals surface area contributed by atoms with Crippen molar-refractivity contribution in [3.8, 4) is 0 Å². The summed E-state index contributed by atoms with van der Waals surface area (Å²) < 4.78 is 16.4. The van der Waals surface area contributed by atoms with Gasteiger partial charge >= 0.3 is 77.9 Å². The van der Waals surface area contributed by atoms with Crippen molar-refractivity contribution < 1.29 is 112 Å². The molecule has 0 heterocycles. The number of rotatable bonds is 10. The Morgan fingerprint density at radius 2 is 0.600 bits per heavy atom. The molecule has 0 aromatic heterocycles. The fourth-order valence-electron chi connectivity index (χ4n) is 1.43. The van der Waals surface area contributed by atoms with E-state index in [2.05, 4.69) is 0 Å².